The molecule has 0 aliphatic heterocycles. The average molecular weight is 339 g/mol. The van der Waals surface area contributed by atoms with Crippen molar-refractivity contribution in [3.05, 3.63) is 30.3 Å². The SMILES string of the molecule is O=C(O)CCC1CCC(CCNS(=O)(=O)c2ccccc2)CC1. The Balaban J connectivity index is 1.69. The minimum Gasteiger partial charge on any atom is -0.481 e. The molecular formula is C17H25NO4S. The van der Waals surface area contributed by atoms with Gasteiger partial charge in [-0.2, -0.15) is 0 Å². The van der Waals surface area contributed by atoms with E-state index in [1.807, 2.05) is 0 Å². The number of aliphatic carboxylic acids is 1. The first-order valence-electron chi connectivity index (χ1n) is 8.24. The van der Waals surface area contributed by atoms with Gasteiger partial charge in [0.2, 0.25) is 10.0 Å². The second kappa shape index (κ2) is 8.45. The van der Waals surface area contributed by atoms with Crippen LogP contribution in [0.4, 0.5) is 0 Å². The van der Waals surface area contributed by atoms with Gasteiger partial charge in [0.05, 0.1) is 4.90 Å². The summed E-state index contributed by atoms with van der Waals surface area (Å²) in [4.78, 5) is 10.9. The first-order chi connectivity index (χ1) is 11.0. The summed E-state index contributed by atoms with van der Waals surface area (Å²) in [5, 5.41) is 8.72. The minimum absolute atomic E-state index is 0.256. The van der Waals surface area contributed by atoms with Crippen molar-refractivity contribution in [2.45, 2.75) is 49.8 Å². The molecule has 1 fully saturated rings. The Bertz CT molecular complexity index is 592. The van der Waals surface area contributed by atoms with E-state index in [-0.39, 0.29) is 6.42 Å². The number of carboxylic acid groups (broad SMARTS) is 1. The van der Waals surface area contributed by atoms with Crippen LogP contribution in [0, 0.1) is 11.8 Å². The molecule has 0 spiro atoms. The summed E-state index contributed by atoms with van der Waals surface area (Å²) in [5.74, 6) is 0.334. The molecule has 0 saturated heterocycles. The van der Waals surface area contributed by atoms with Crippen LogP contribution in [0.1, 0.15) is 44.9 Å². The largest absolute Gasteiger partial charge is 0.481 e. The van der Waals surface area contributed by atoms with Crippen LogP contribution in [-0.2, 0) is 14.8 Å². The number of benzene rings is 1. The van der Waals surface area contributed by atoms with Crippen molar-refractivity contribution < 1.29 is 18.3 Å². The van der Waals surface area contributed by atoms with Crippen LogP contribution in [0.5, 0.6) is 0 Å². The van der Waals surface area contributed by atoms with Crippen LogP contribution in [-0.4, -0.2) is 26.0 Å². The number of hydrogen-bond donors (Lipinski definition) is 2. The third-order valence-electron chi connectivity index (χ3n) is 4.63. The van der Waals surface area contributed by atoms with Gasteiger partial charge in [0.1, 0.15) is 0 Å². The molecule has 0 aromatic heterocycles. The van der Waals surface area contributed by atoms with E-state index in [1.165, 1.54) is 0 Å². The number of nitrogens with one attached hydrogen (secondary N) is 1. The van der Waals surface area contributed by atoms with Gasteiger partial charge < -0.3 is 5.11 Å². The quantitative estimate of drug-likeness (QED) is 0.762. The van der Waals surface area contributed by atoms with Crippen LogP contribution >= 0.6 is 0 Å². The van der Waals surface area contributed by atoms with E-state index in [0.29, 0.717) is 23.3 Å². The maximum absolute atomic E-state index is 12.1. The van der Waals surface area contributed by atoms with Crippen LogP contribution < -0.4 is 4.72 Å². The highest BCUT2D eigenvalue weighted by atomic mass is 32.2. The summed E-state index contributed by atoms with van der Waals surface area (Å²) >= 11 is 0. The van der Waals surface area contributed by atoms with Gasteiger partial charge in [-0.25, -0.2) is 13.1 Å². The highest BCUT2D eigenvalue weighted by Gasteiger charge is 2.22. The number of carboxylic acids is 1. The van der Waals surface area contributed by atoms with E-state index in [1.54, 1.807) is 30.3 Å². The van der Waals surface area contributed by atoms with Gasteiger partial charge in [0.25, 0.3) is 0 Å². The molecule has 0 radical (unpaired) electrons. The second-order valence-corrected chi connectivity index (χ2v) is 8.09. The van der Waals surface area contributed by atoms with Crippen molar-refractivity contribution in [1.29, 1.82) is 0 Å². The van der Waals surface area contributed by atoms with Crippen LogP contribution in [0.2, 0.25) is 0 Å². The Morgan fingerprint density at radius 2 is 1.61 bits per heavy atom. The molecule has 0 unspecified atom stereocenters. The molecule has 1 aliphatic carbocycles. The Labute approximate surface area is 138 Å². The summed E-state index contributed by atoms with van der Waals surface area (Å²) in [6, 6.07) is 8.41. The normalized spacial score (nSPS) is 21.9. The van der Waals surface area contributed by atoms with Crippen molar-refractivity contribution >= 4 is 16.0 Å². The van der Waals surface area contributed by atoms with E-state index < -0.39 is 16.0 Å². The predicted octanol–water partition coefficient (Wildman–Crippen LogP) is 3.03. The Kier molecular flexibility index (Phi) is 6.59. The summed E-state index contributed by atoms with van der Waals surface area (Å²) in [7, 11) is -3.41. The third-order valence-corrected chi connectivity index (χ3v) is 6.11. The molecule has 2 rings (SSSR count). The topological polar surface area (TPSA) is 83.5 Å². The van der Waals surface area contributed by atoms with Crippen LogP contribution in [0.3, 0.4) is 0 Å². The van der Waals surface area contributed by atoms with Gasteiger partial charge in [-0.3, -0.25) is 4.79 Å². The number of hydrogen-bond acceptors (Lipinski definition) is 3. The molecule has 6 heteroatoms. The lowest BCUT2D eigenvalue weighted by molar-refractivity contribution is -0.137. The van der Waals surface area contributed by atoms with Gasteiger partial charge in [0, 0.05) is 13.0 Å². The highest BCUT2D eigenvalue weighted by Crippen LogP contribution is 2.33. The zero-order valence-corrected chi connectivity index (χ0v) is 14.1. The smallest absolute Gasteiger partial charge is 0.303 e. The first-order valence-corrected chi connectivity index (χ1v) is 9.72. The fraction of sp³-hybridized carbons (Fsp3) is 0.588. The molecule has 5 nitrogen and oxygen atoms in total. The van der Waals surface area contributed by atoms with E-state index in [9.17, 15) is 13.2 Å². The Morgan fingerprint density at radius 1 is 1.04 bits per heavy atom. The molecule has 1 aliphatic rings. The molecule has 0 amide bonds. The number of sulfonamides is 1. The number of rotatable bonds is 8. The van der Waals surface area contributed by atoms with Crippen molar-refractivity contribution in [2.24, 2.45) is 11.8 Å². The molecule has 2 N–H and O–H groups in total. The fourth-order valence-electron chi connectivity index (χ4n) is 3.22. The first kappa shape index (κ1) is 17.9. The molecule has 1 aromatic carbocycles. The zero-order chi connectivity index (χ0) is 16.7. The standard InChI is InChI=1S/C17H25NO4S/c19-17(20)11-10-14-6-8-15(9-7-14)12-13-18-23(21,22)16-4-2-1-3-5-16/h1-5,14-15,18H,6-13H2,(H,19,20). The summed E-state index contributed by atoms with van der Waals surface area (Å²) < 4.78 is 26.9. The maximum atomic E-state index is 12.1. The molecular weight excluding hydrogens is 314 g/mol. The minimum atomic E-state index is -3.41. The molecule has 0 bridgehead atoms. The number of carbonyl (C=O) groups is 1. The van der Waals surface area contributed by atoms with E-state index >= 15 is 0 Å². The molecule has 0 heterocycles. The second-order valence-electron chi connectivity index (χ2n) is 6.32. The van der Waals surface area contributed by atoms with Crippen molar-refractivity contribution in [3.8, 4) is 0 Å². The lowest BCUT2D eigenvalue weighted by atomic mass is 9.79. The summed E-state index contributed by atoms with van der Waals surface area (Å²) in [6.07, 6.45) is 6.12. The highest BCUT2D eigenvalue weighted by molar-refractivity contribution is 7.89. The molecule has 1 saturated carbocycles. The van der Waals surface area contributed by atoms with Gasteiger partial charge in [-0.05, 0) is 36.8 Å². The molecule has 128 valence electrons. The third kappa shape index (κ3) is 5.95. The summed E-state index contributed by atoms with van der Waals surface area (Å²) in [6.45, 7) is 0.460. The lowest BCUT2D eigenvalue weighted by Gasteiger charge is -2.28. The maximum Gasteiger partial charge on any atom is 0.303 e. The fourth-order valence-corrected chi connectivity index (χ4v) is 4.29. The molecule has 0 atom stereocenters. The van der Waals surface area contributed by atoms with Crippen molar-refractivity contribution in [3.63, 3.8) is 0 Å². The van der Waals surface area contributed by atoms with E-state index in [2.05, 4.69) is 4.72 Å². The van der Waals surface area contributed by atoms with Crippen molar-refractivity contribution in [2.75, 3.05) is 6.54 Å². The average Bonchev–Trinajstić information content (AvgIpc) is 2.55. The zero-order valence-electron chi connectivity index (χ0n) is 13.3. The molecule has 23 heavy (non-hydrogen) atoms. The van der Waals surface area contributed by atoms with Crippen LogP contribution in [0.15, 0.2) is 35.2 Å². The van der Waals surface area contributed by atoms with Gasteiger partial charge in [-0.1, -0.05) is 43.9 Å². The molecule has 1 aromatic rings. The van der Waals surface area contributed by atoms with Gasteiger partial charge >= 0.3 is 5.97 Å². The van der Waals surface area contributed by atoms with E-state index in [0.717, 1.165) is 38.5 Å². The van der Waals surface area contributed by atoms with Gasteiger partial charge in [-0.15, -0.1) is 0 Å². The van der Waals surface area contributed by atoms with E-state index in [4.69, 9.17) is 5.11 Å². The Morgan fingerprint density at radius 3 is 2.17 bits per heavy atom. The lowest BCUT2D eigenvalue weighted by Crippen LogP contribution is -2.27. The van der Waals surface area contributed by atoms with Crippen molar-refractivity contribution in [1.82, 2.24) is 4.72 Å². The monoisotopic (exact) mass is 339 g/mol. The van der Waals surface area contributed by atoms with Crippen LogP contribution in [0.25, 0.3) is 0 Å². The predicted molar refractivity (Wildman–Crippen MR) is 88.6 cm³/mol. The summed E-state index contributed by atoms with van der Waals surface area (Å²) in [5.41, 5.74) is 0. The van der Waals surface area contributed by atoms with Gasteiger partial charge in [0.15, 0.2) is 0 Å². The Hall–Kier alpha value is -1.40.